The molecule has 0 radical (unpaired) electrons. The summed E-state index contributed by atoms with van der Waals surface area (Å²) in [6, 6.07) is 7.93. The van der Waals surface area contributed by atoms with Crippen molar-refractivity contribution in [3.8, 4) is 0 Å². The van der Waals surface area contributed by atoms with E-state index in [0.29, 0.717) is 5.57 Å². The number of allylic oxidation sites excluding steroid dienone is 1. The van der Waals surface area contributed by atoms with Crippen molar-refractivity contribution in [3.63, 3.8) is 0 Å². The van der Waals surface area contributed by atoms with E-state index in [-0.39, 0.29) is 12.1 Å². The maximum absolute atomic E-state index is 11.6. The molecule has 1 atom stereocenters. The van der Waals surface area contributed by atoms with Gasteiger partial charge < -0.3 is 4.74 Å². The Labute approximate surface area is 95.2 Å². The van der Waals surface area contributed by atoms with Crippen molar-refractivity contribution in [1.29, 1.82) is 0 Å². The first-order valence-corrected chi connectivity index (χ1v) is 5.33. The van der Waals surface area contributed by atoms with Gasteiger partial charge in [0.15, 0.2) is 0 Å². The van der Waals surface area contributed by atoms with E-state index in [1.54, 1.807) is 13.0 Å². The first-order chi connectivity index (χ1) is 7.72. The van der Waals surface area contributed by atoms with Gasteiger partial charge in [0.1, 0.15) is 6.10 Å². The van der Waals surface area contributed by atoms with Gasteiger partial charge in [0.25, 0.3) is 0 Å². The fraction of sp³-hybridized carbons (Fsp3) is 0.214. The van der Waals surface area contributed by atoms with Crippen LogP contribution in [-0.2, 0) is 9.53 Å². The molecule has 0 fully saturated rings. The molecular formula is C14H14O2. The molecule has 0 aliphatic heterocycles. The van der Waals surface area contributed by atoms with E-state index in [2.05, 4.69) is 0 Å². The van der Waals surface area contributed by atoms with E-state index in [4.69, 9.17) is 4.74 Å². The lowest BCUT2D eigenvalue weighted by atomic mass is 10.1. The Hall–Kier alpha value is -1.83. The number of hydrogen-bond acceptors (Lipinski definition) is 2. The van der Waals surface area contributed by atoms with Crippen molar-refractivity contribution >= 4 is 12.0 Å². The zero-order valence-corrected chi connectivity index (χ0v) is 9.44. The molecule has 1 aliphatic carbocycles. The second-order valence-corrected chi connectivity index (χ2v) is 3.79. The van der Waals surface area contributed by atoms with Gasteiger partial charge >= 0.3 is 5.97 Å². The molecule has 2 rings (SSSR count). The van der Waals surface area contributed by atoms with Crippen molar-refractivity contribution in [2.45, 2.75) is 20.0 Å². The van der Waals surface area contributed by atoms with Crippen molar-refractivity contribution in [1.82, 2.24) is 0 Å². The SMILES string of the molecule is C/C=C(/C)C(=O)OC1C=Cc2ccccc21. The lowest BCUT2D eigenvalue weighted by Gasteiger charge is -2.12. The zero-order valence-electron chi connectivity index (χ0n) is 9.44. The Balaban J connectivity index is 2.15. The number of carbonyl (C=O) groups excluding carboxylic acids is 1. The molecule has 0 saturated carbocycles. The number of hydrogen-bond donors (Lipinski definition) is 0. The minimum atomic E-state index is -0.256. The van der Waals surface area contributed by atoms with E-state index in [1.165, 1.54) is 0 Å². The van der Waals surface area contributed by atoms with Crippen LogP contribution in [0, 0.1) is 0 Å². The normalized spacial score (nSPS) is 18.4. The highest BCUT2D eigenvalue weighted by Crippen LogP contribution is 2.31. The highest BCUT2D eigenvalue weighted by atomic mass is 16.5. The first-order valence-electron chi connectivity index (χ1n) is 5.33. The summed E-state index contributed by atoms with van der Waals surface area (Å²) in [5.74, 6) is -0.256. The molecule has 0 amide bonds. The Morgan fingerprint density at radius 3 is 2.88 bits per heavy atom. The second-order valence-electron chi connectivity index (χ2n) is 3.79. The third-order valence-corrected chi connectivity index (χ3v) is 2.74. The van der Waals surface area contributed by atoms with Crippen molar-refractivity contribution in [2.24, 2.45) is 0 Å². The van der Waals surface area contributed by atoms with Crippen LogP contribution in [0.2, 0.25) is 0 Å². The number of esters is 1. The smallest absolute Gasteiger partial charge is 0.334 e. The molecule has 2 nitrogen and oxygen atoms in total. The summed E-state index contributed by atoms with van der Waals surface area (Å²) in [5.41, 5.74) is 2.82. The Kier molecular flexibility index (Phi) is 2.91. The monoisotopic (exact) mass is 214 g/mol. The van der Waals surface area contributed by atoms with Crippen LogP contribution in [0.5, 0.6) is 0 Å². The maximum Gasteiger partial charge on any atom is 0.334 e. The minimum Gasteiger partial charge on any atom is -0.450 e. The van der Waals surface area contributed by atoms with E-state index >= 15 is 0 Å². The predicted molar refractivity (Wildman–Crippen MR) is 63.7 cm³/mol. The van der Waals surface area contributed by atoms with Gasteiger partial charge in [-0.05, 0) is 25.5 Å². The molecule has 1 aromatic carbocycles. The molecule has 1 aliphatic rings. The van der Waals surface area contributed by atoms with Crippen LogP contribution in [0.4, 0.5) is 0 Å². The van der Waals surface area contributed by atoms with Crippen molar-refractivity contribution in [3.05, 3.63) is 53.1 Å². The van der Waals surface area contributed by atoms with E-state index in [1.807, 2.05) is 43.3 Å². The van der Waals surface area contributed by atoms with E-state index in [9.17, 15) is 4.79 Å². The topological polar surface area (TPSA) is 26.3 Å². The van der Waals surface area contributed by atoms with Gasteiger partial charge in [-0.3, -0.25) is 0 Å². The fourth-order valence-electron chi connectivity index (χ4n) is 1.65. The number of ether oxygens (including phenoxy) is 1. The molecule has 2 heteroatoms. The van der Waals surface area contributed by atoms with Gasteiger partial charge in [0, 0.05) is 11.1 Å². The van der Waals surface area contributed by atoms with Crippen LogP contribution in [0.15, 0.2) is 42.0 Å². The first kappa shape index (κ1) is 10.7. The van der Waals surface area contributed by atoms with Crippen LogP contribution in [0.1, 0.15) is 31.1 Å². The molecule has 0 aromatic heterocycles. The Morgan fingerprint density at radius 2 is 2.12 bits per heavy atom. The molecule has 1 aromatic rings. The third kappa shape index (κ3) is 1.91. The summed E-state index contributed by atoms with van der Waals surface area (Å²) in [6.07, 6.45) is 5.41. The number of carbonyl (C=O) groups is 1. The van der Waals surface area contributed by atoms with Gasteiger partial charge in [-0.1, -0.05) is 36.4 Å². The third-order valence-electron chi connectivity index (χ3n) is 2.74. The van der Waals surface area contributed by atoms with Crippen LogP contribution in [0.25, 0.3) is 6.08 Å². The second kappa shape index (κ2) is 4.35. The summed E-state index contributed by atoms with van der Waals surface area (Å²) in [7, 11) is 0. The molecular weight excluding hydrogens is 200 g/mol. The Morgan fingerprint density at radius 1 is 1.38 bits per heavy atom. The van der Waals surface area contributed by atoms with Gasteiger partial charge in [-0.15, -0.1) is 0 Å². The average Bonchev–Trinajstić information content (AvgIpc) is 2.72. The number of benzene rings is 1. The lowest BCUT2D eigenvalue weighted by Crippen LogP contribution is -2.09. The fourth-order valence-corrected chi connectivity index (χ4v) is 1.65. The van der Waals surface area contributed by atoms with Crippen LogP contribution < -0.4 is 0 Å². The molecule has 16 heavy (non-hydrogen) atoms. The summed E-state index contributed by atoms with van der Waals surface area (Å²) in [5, 5.41) is 0. The molecule has 0 saturated heterocycles. The molecule has 0 N–H and O–H groups in total. The van der Waals surface area contributed by atoms with Crippen LogP contribution in [-0.4, -0.2) is 5.97 Å². The minimum absolute atomic E-state index is 0.237. The van der Waals surface area contributed by atoms with Crippen LogP contribution in [0.3, 0.4) is 0 Å². The van der Waals surface area contributed by atoms with Crippen molar-refractivity contribution < 1.29 is 9.53 Å². The van der Waals surface area contributed by atoms with Gasteiger partial charge in [-0.25, -0.2) is 4.79 Å². The standard InChI is InChI=1S/C14H14O2/c1-3-10(2)14(15)16-13-9-8-11-6-4-5-7-12(11)13/h3-9,13H,1-2H3/b10-3-. The predicted octanol–water partition coefficient (Wildman–Crippen LogP) is 3.26. The van der Waals surface area contributed by atoms with Gasteiger partial charge in [0.2, 0.25) is 0 Å². The lowest BCUT2D eigenvalue weighted by molar-refractivity contribution is -0.142. The molecule has 0 heterocycles. The Bertz CT molecular complexity index is 469. The summed E-state index contributed by atoms with van der Waals surface area (Å²) < 4.78 is 5.40. The molecule has 1 unspecified atom stereocenters. The number of fused-ring (bicyclic) bond motifs is 1. The van der Waals surface area contributed by atoms with Crippen molar-refractivity contribution in [2.75, 3.05) is 0 Å². The molecule has 0 spiro atoms. The summed E-state index contributed by atoms with van der Waals surface area (Å²) in [6.45, 7) is 3.59. The molecule has 82 valence electrons. The highest BCUT2D eigenvalue weighted by molar-refractivity contribution is 5.88. The van der Waals surface area contributed by atoms with E-state index in [0.717, 1.165) is 11.1 Å². The van der Waals surface area contributed by atoms with Gasteiger partial charge in [0.05, 0.1) is 0 Å². The maximum atomic E-state index is 11.6. The quantitative estimate of drug-likeness (QED) is 0.558. The van der Waals surface area contributed by atoms with Crippen LogP contribution >= 0.6 is 0 Å². The summed E-state index contributed by atoms with van der Waals surface area (Å²) >= 11 is 0. The molecule has 0 bridgehead atoms. The van der Waals surface area contributed by atoms with Gasteiger partial charge in [-0.2, -0.15) is 0 Å². The summed E-state index contributed by atoms with van der Waals surface area (Å²) in [4.78, 5) is 11.6. The van der Waals surface area contributed by atoms with E-state index < -0.39 is 0 Å². The largest absolute Gasteiger partial charge is 0.450 e. The number of rotatable bonds is 2. The zero-order chi connectivity index (χ0) is 11.5. The highest BCUT2D eigenvalue weighted by Gasteiger charge is 2.20. The average molecular weight is 214 g/mol.